The summed E-state index contributed by atoms with van der Waals surface area (Å²) in [6.07, 6.45) is 1.10. The molecular formula is C14H24ClN3. The van der Waals surface area contributed by atoms with Crippen LogP contribution >= 0.6 is 11.6 Å². The van der Waals surface area contributed by atoms with E-state index in [9.17, 15) is 0 Å². The lowest BCUT2D eigenvalue weighted by Gasteiger charge is -2.26. The van der Waals surface area contributed by atoms with Gasteiger partial charge in [0.15, 0.2) is 0 Å². The number of hydrogen-bond donors (Lipinski definition) is 0. The van der Waals surface area contributed by atoms with E-state index in [1.807, 2.05) is 6.92 Å². The molecule has 0 amide bonds. The van der Waals surface area contributed by atoms with Gasteiger partial charge in [0.1, 0.15) is 16.8 Å². The Kier molecular flexibility index (Phi) is 4.97. The summed E-state index contributed by atoms with van der Waals surface area (Å²) in [4.78, 5) is 11.4. The van der Waals surface area contributed by atoms with Crippen molar-refractivity contribution >= 4 is 17.4 Å². The monoisotopic (exact) mass is 269 g/mol. The van der Waals surface area contributed by atoms with Crippen molar-refractivity contribution < 1.29 is 0 Å². The molecule has 102 valence electrons. The highest BCUT2D eigenvalue weighted by Gasteiger charge is 2.22. The van der Waals surface area contributed by atoms with Gasteiger partial charge in [-0.25, -0.2) is 9.97 Å². The van der Waals surface area contributed by atoms with E-state index in [1.54, 1.807) is 0 Å². The highest BCUT2D eigenvalue weighted by molar-refractivity contribution is 6.30. The number of hydrogen-bond acceptors (Lipinski definition) is 3. The quantitative estimate of drug-likeness (QED) is 0.775. The molecule has 4 heteroatoms. The van der Waals surface area contributed by atoms with Crippen LogP contribution in [0.25, 0.3) is 0 Å². The molecule has 18 heavy (non-hydrogen) atoms. The molecule has 0 saturated heterocycles. The molecule has 0 bridgehead atoms. The number of rotatable bonds is 4. The second-order valence-electron chi connectivity index (χ2n) is 5.62. The van der Waals surface area contributed by atoms with Gasteiger partial charge in [0.2, 0.25) is 0 Å². The van der Waals surface area contributed by atoms with Gasteiger partial charge in [0.25, 0.3) is 0 Å². The highest BCUT2D eigenvalue weighted by Crippen LogP contribution is 2.28. The molecule has 0 spiro atoms. The van der Waals surface area contributed by atoms with Gasteiger partial charge in [0.05, 0.1) is 0 Å². The van der Waals surface area contributed by atoms with E-state index < -0.39 is 0 Å². The molecule has 0 saturated carbocycles. The van der Waals surface area contributed by atoms with Crippen molar-refractivity contribution in [2.45, 2.75) is 53.4 Å². The minimum atomic E-state index is -0.0856. The van der Waals surface area contributed by atoms with Gasteiger partial charge in [-0.15, -0.1) is 0 Å². The summed E-state index contributed by atoms with van der Waals surface area (Å²) in [5.41, 5.74) is 0.887. The Morgan fingerprint density at radius 2 is 1.78 bits per heavy atom. The van der Waals surface area contributed by atoms with Crippen molar-refractivity contribution in [2.75, 3.05) is 18.0 Å². The maximum Gasteiger partial charge on any atom is 0.137 e. The van der Waals surface area contributed by atoms with Gasteiger partial charge < -0.3 is 4.90 Å². The van der Waals surface area contributed by atoms with Crippen molar-refractivity contribution in [1.29, 1.82) is 0 Å². The van der Waals surface area contributed by atoms with Gasteiger partial charge in [0, 0.05) is 24.1 Å². The third kappa shape index (κ3) is 3.35. The van der Waals surface area contributed by atoms with E-state index in [4.69, 9.17) is 16.6 Å². The molecule has 0 aliphatic rings. The molecule has 0 aliphatic carbocycles. The lowest BCUT2D eigenvalue weighted by atomic mass is 9.95. The van der Waals surface area contributed by atoms with Crippen LogP contribution in [0, 0.1) is 6.92 Å². The number of nitrogens with zero attached hydrogens (tertiary/aromatic N) is 3. The zero-order valence-corrected chi connectivity index (χ0v) is 13.1. The minimum absolute atomic E-state index is 0.0856. The van der Waals surface area contributed by atoms with Crippen molar-refractivity contribution in [3.8, 4) is 0 Å². The molecule has 1 rings (SSSR count). The Bertz CT molecular complexity index is 410. The van der Waals surface area contributed by atoms with Crippen molar-refractivity contribution in [1.82, 2.24) is 9.97 Å². The fraction of sp³-hybridized carbons (Fsp3) is 0.714. The van der Waals surface area contributed by atoms with Crippen molar-refractivity contribution in [3.05, 3.63) is 16.5 Å². The van der Waals surface area contributed by atoms with Crippen LogP contribution in [0.5, 0.6) is 0 Å². The van der Waals surface area contributed by atoms with Crippen LogP contribution < -0.4 is 4.90 Å². The Labute approximate surface area is 116 Å². The average Bonchev–Trinajstić information content (AvgIpc) is 2.28. The van der Waals surface area contributed by atoms with Crippen molar-refractivity contribution in [2.24, 2.45) is 0 Å². The Balaban J connectivity index is 3.29. The summed E-state index contributed by atoms with van der Waals surface area (Å²) in [7, 11) is 0. The van der Waals surface area contributed by atoms with Gasteiger partial charge >= 0.3 is 0 Å². The van der Waals surface area contributed by atoms with E-state index >= 15 is 0 Å². The maximum absolute atomic E-state index is 6.25. The molecule has 0 fully saturated rings. The number of aromatic nitrogens is 2. The predicted octanol–water partition coefficient (Wildman–Crippen LogP) is 3.97. The lowest BCUT2D eigenvalue weighted by molar-refractivity contribution is 0.543. The molecule has 0 aliphatic heterocycles. The van der Waals surface area contributed by atoms with Crippen LogP contribution in [0.1, 0.15) is 52.4 Å². The summed E-state index contributed by atoms with van der Waals surface area (Å²) in [6.45, 7) is 14.5. The molecule has 0 unspecified atom stereocenters. The number of anilines is 1. The van der Waals surface area contributed by atoms with E-state index in [-0.39, 0.29) is 5.41 Å². The Hall–Kier alpha value is -0.830. The lowest BCUT2D eigenvalue weighted by Crippen LogP contribution is -2.27. The molecule has 1 heterocycles. The predicted molar refractivity (Wildman–Crippen MR) is 78.7 cm³/mol. The highest BCUT2D eigenvalue weighted by atomic mass is 35.5. The third-order valence-corrected chi connectivity index (χ3v) is 3.27. The van der Waals surface area contributed by atoms with Gasteiger partial charge in [-0.2, -0.15) is 0 Å². The molecular weight excluding hydrogens is 246 g/mol. The smallest absolute Gasteiger partial charge is 0.137 e. The van der Waals surface area contributed by atoms with Crippen LogP contribution in [0.3, 0.4) is 0 Å². The van der Waals surface area contributed by atoms with Crippen LogP contribution in [0.15, 0.2) is 0 Å². The molecule has 0 aromatic carbocycles. The van der Waals surface area contributed by atoms with Crippen LogP contribution in [-0.2, 0) is 5.41 Å². The molecule has 0 N–H and O–H groups in total. The largest absolute Gasteiger partial charge is 0.357 e. The Morgan fingerprint density at radius 1 is 1.17 bits per heavy atom. The fourth-order valence-corrected chi connectivity index (χ4v) is 1.97. The first-order chi connectivity index (χ1) is 8.31. The summed E-state index contributed by atoms with van der Waals surface area (Å²) >= 11 is 6.25. The van der Waals surface area contributed by atoms with Crippen molar-refractivity contribution in [3.63, 3.8) is 0 Å². The summed E-state index contributed by atoms with van der Waals surface area (Å²) < 4.78 is 0. The van der Waals surface area contributed by atoms with Crippen LogP contribution in [0.2, 0.25) is 5.15 Å². The van der Waals surface area contributed by atoms with Gasteiger partial charge in [-0.3, -0.25) is 0 Å². The molecule has 3 nitrogen and oxygen atoms in total. The van der Waals surface area contributed by atoms with Gasteiger partial charge in [-0.1, -0.05) is 39.3 Å². The van der Waals surface area contributed by atoms with Crippen LogP contribution in [0.4, 0.5) is 5.82 Å². The summed E-state index contributed by atoms with van der Waals surface area (Å²) in [5, 5.41) is 0.569. The first-order valence-electron chi connectivity index (χ1n) is 6.60. The second-order valence-corrected chi connectivity index (χ2v) is 5.97. The van der Waals surface area contributed by atoms with E-state index in [2.05, 4.69) is 44.5 Å². The zero-order valence-electron chi connectivity index (χ0n) is 12.3. The van der Waals surface area contributed by atoms with E-state index in [0.29, 0.717) is 5.15 Å². The van der Waals surface area contributed by atoms with E-state index in [0.717, 1.165) is 36.7 Å². The standard InChI is InChI=1S/C14H24ClN3/c1-7-9-18(8-2)12-10(3)11(15)16-13(17-12)14(4,5)6/h7-9H2,1-6H3. The molecule has 0 atom stereocenters. The molecule has 1 aromatic heterocycles. The average molecular weight is 270 g/mol. The topological polar surface area (TPSA) is 29.0 Å². The minimum Gasteiger partial charge on any atom is -0.357 e. The zero-order chi connectivity index (χ0) is 13.9. The maximum atomic E-state index is 6.25. The normalized spacial score (nSPS) is 11.7. The Morgan fingerprint density at radius 3 is 2.22 bits per heavy atom. The fourth-order valence-electron chi connectivity index (χ4n) is 1.81. The second kappa shape index (κ2) is 5.87. The third-order valence-electron chi connectivity index (χ3n) is 2.91. The molecule has 1 aromatic rings. The van der Waals surface area contributed by atoms with Gasteiger partial charge in [-0.05, 0) is 20.3 Å². The SMILES string of the molecule is CCCN(CC)c1nc(C(C)(C)C)nc(Cl)c1C. The molecule has 0 radical (unpaired) electrons. The first kappa shape index (κ1) is 15.2. The number of halogens is 1. The first-order valence-corrected chi connectivity index (χ1v) is 6.98. The van der Waals surface area contributed by atoms with E-state index in [1.165, 1.54) is 0 Å². The summed E-state index contributed by atoms with van der Waals surface area (Å²) in [5.74, 6) is 1.78. The van der Waals surface area contributed by atoms with Crippen LogP contribution in [-0.4, -0.2) is 23.1 Å². The summed E-state index contributed by atoms with van der Waals surface area (Å²) in [6, 6.07) is 0.